The number of furan rings is 1. The van der Waals surface area contributed by atoms with Gasteiger partial charge in [0.05, 0.1) is 23.4 Å². The molecule has 0 fully saturated rings. The summed E-state index contributed by atoms with van der Waals surface area (Å²) in [5.74, 6) is 1.50. The third kappa shape index (κ3) is 4.46. The van der Waals surface area contributed by atoms with E-state index < -0.39 is 5.97 Å². The highest BCUT2D eigenvalue weighted by molar-refractivity contribution is 5.97. The summed E-state index contributed by atoms with van der Waals surface area (Å²) in [6, 6.07) is 18.0. The molecule has 0 aliphatic carbocycles. The van der Waals surface area contributed by atoms with Crippen molar-refractivity contribution >= 4 is 16.7 Å². The number of ether oxygens (including phenoxy) is 2. The Bertz CT molecular complexity index is 1420. The van der Waals surface area contributed by atoms with Crippen LogP contribution in [0.5, 0.6) is 11.5 Å². The van der Waals surface area contributed by atoms with Crippen molar-refractivity contribution in [2.75, 3.05) is 7.11 Å². The highest BCUT2D eigenvalue weighted by atomic mass is 16.5. The average molecular weight is 457 g/mol. The minimum absolute atomic E-state index is 0.0228. The predicted octanol–water partition coefficient (Wildman–Crippen LogP) is 6.60. The topological polar surface area (TPSA) is 65.7 Å². The van der Waals surface area contributed by atoms with Gasteiger partial charge in [-0.15, -0.1) is 0 Å². The van der Waals surface area contributed by atoms with Gasteiger partial charge in [-0.05, 0) is 72.4 Å². The lowest BCUT2D eigenvalue weighted by atomic mass is 9.87. The van der Waals surface area contributed by atoms with Crippen LogP contribution in [0.1, 0.15) is 48.2 Å². The van der Waals surface area contributed by atoms with Gasteiger partial charge in [-0.3, -0.25) is 4.79 Å². The summed E-state index contributed by atoms with van der Waals surface area (Å²) in [7, 11) is 1.60. The van der Waals surface area contributed by atoms with Crippen molar-refractivity contribution < 1.29 is 18.7 Å². The third-order valence-corrected chi connectivity index (χ3v) is 5.94. The molecule has 34 heavy (non-hydrogen) atoms. The third-order valence-electron chi connectivity index (χ3n) is 5.94. The molecule has 5 nitrogen and oxygen atoms in total. The molecule has 0 aliphatic heterocycles. The molecule has 0 saturated carbocycles. The molecule has 0 bridgehead atoms. The predicted molar refractivity (Wildman–Crippen MR) is 134 cm³/mol. The van der Waals surface area contributed by atoms with E-state index in [2.05, 4.69) is 20.8 Å². The van der Waals surface area contributed by atoms with Gasteiger partial charge < -0.3 is 13.9 Å². The monoisotopic (exact) mass is 456 g/mol. The van der Waals surface area contributed by atoms with Crippen LogP contribution in [0.3, 0.4) is 0 Å². The van der Waals surface area contributed by atoms with Crippen LogP contribution in [0, 0.1) is 13.8 Å². The van der Waals surface area contributed by atoms with Gasteiger partial charge in [-0.1, -0.05) is 45.0 Å². The lowest BCUT2D eigenvalue weighted by molar-refractivity contribution is 0.0737. The fourth-order valence-electron chi connectivity index (χ4n) is 4.04. The van der Waals surface area contributed by atoms with Crippen LogP contribution in [-0.4, -0.2) is 13.1 Å². The maximum Gasteiger partial charge on any atom is 0.343 e. The van der Waals surface area contributed by atoms with E-state index in [1.54, 1.807) is 45.2 Å². The van der Waals surface area contributed by atoms with E-state index in [1.165, 1.54) is 0 Å². The molecule has 5 heteroatoms. The molecule has 0 aliphatic rings. The van der Waals surface area contributed by atoms with Gasteiger partial charge in [0.25, 0.3) is 0 Å². The molecule has 0 atom stereocenters. The largest absolute Gasteiger partial charge is 0.497 e. The van der Waals surface area contributed by atoms with Crippen LogP contribution < -0.4 is 14.9 Å². The molecular formula is C29H28O5. The second-order valence-corrected chi connectivity index (χ2v) is 9.38. The van der Waals surface area contributed by atoms with Crippen LogP contribution >= 0.6 is 0 Å². The summed E-state index contributed by atoms with van der Waals surface area (Å²) in [6.07, 6.45) is 0. The van der Waals surface area contributed by atoms with Crippen LogP contribution in [0.2, 0.25) is 0 Å². The summed E-state index contributed by atoms with van der Waals surface area (Å²) in [5, 5.41) is 0.907. The van der Waals surface area contributed by atoms with Crippen molar-refractivity contribution in [3.05, 3.63) is 93.5 Å². The van der Waals surface area contributed by atoms with E-state index in [4.69, 9.17) is 13.9 Å². The maximum atomic E-state index is 13.1. The zero-order valence-electron chi connectivity index (χ0n) is 20.3. The molecule has 0 unspecified atom stereocenters. The molecule has 1 heterocycles. The lowest BCUT2D eigenvalue weighted by Gasteiger charge is -2.18. The van der Waals surface area contributed by atoms with E-state index in [-0.39, 0.29) is 16.6 Å². The summed E-state index contributed by atoms with van der Waals surface area (Å²) in [4.78, 5) is 26.3. The molecule has 1 aromatic heterocycles. The van der Waals surface area contributed by atoms with Gasteiger partial charge in [0.15, 0.2) is 5.43 Å². The van der Waals surface area contributed by atoms with Gasteiger partial charge in [0.2, 0.25) is 0 Å². The summed E-state index contributed by atoms with van der Waals surface area (Å²) in [6.45, 7) is 9.85. The molecule has 0 saturated heterocycles. The quantitative estimate of drug-likeness (QED) is 0.324. The number of rotatable bonds is 4. The SMILES string of the molecule is COc1ccc(-c2cc(OC(=O)c3ccc(C(C)(C)C)cc3)c3c(C)oc(C)c3c(=O)c2)cc1. The van der Waals surface area contributed by atoms with Gasteiger partial charge in [0.1, 0.15) is 23.0 Å². The number of esters is 1. The number of methoxy groups -OCH3 is 1. The normalized spacial score (nSPS) is 11.5. The fraction of sp³-hybridized carbons (Fsp3) is 0.241. The molecule has 174 valence electrons. The molecule has 4 rings (SSSR count). The zero-order valence-corrected chi connectivity index (χ0v) is 20.3. The second kappa shape index (κ2) is 8.82. The fourth-order valence-corrected chi connectivity index (χ4v) is 4.04. The Labute approximate surface area is 199 Å². The summed E-state index contributed by atoms with van der Waals surface area (Å²) in [5.41, 5.74) is 2.76. The molecule has 0 amide bonds. The Morgan fingerprint density at radius 1 is 0.824 bits per heavy atom. The molecule has 0 spiro atoms. The number of carbonyl (C=O) groups is 1. The Hall–Kier alpha value is -3.86. The number of carbonyl (C=O) groups excluding carboxylic acids is 1. The minimum Gasteiger partial charge on any atom is -0.497 e. The molecule has 3 aromatic carbocycles. The van der Waals surface area contributed by atoms with Crippen LogP contribution in [0.25, 0.3) is 21.9 Å². The number of hydrogen-bond acceptors (Lipinski definition) is 5. The highest BCUT2D eigenvalue weighted by Crippen LogP contribution is 2.34. The Morgan fingerprint density at radius 3 is 2.03 bits per heavy atom. The van der Waals surface area contributed by atoms with Gasteiger partial charge in [-0.25, -0.2) is 4.79 Å². The number of benzene rings is 2. The van der Waals surface area contributed by atoms with E-state index >= 15 is 0 Å². The first-order valence-electron chi connectivity index (χ1n) is 11.1. The summed E-state index contributed by atoms with van der Waals surface area (Å²) < 4.78 is 16.9. The first kappa shape index (κ1) is 23.3. The van der Waals surface area contributed by atoms with Crippen LogP contribution in [0.4, 0.5) is 0 Å². The van der Waals surface area contributed by atoms with Crippen LogP contribution in [-0.2, 0) is 5.41 Å². The van der Waals surface area contributed by atoms with Crippen LogP contribution in [0.15, 0.2) is 69.9 Å². The minimum atomic E-state index is -0.501. The van der Waals surface area contributed by atoms with Crippen molar-refractivity contribution in [2.24, 2.45) is 0 Å². The van der Waals surface area contributed by atoms with Crippen molar-refractivity contribution in [3.8, 4) is 22.6 Å². The number of aryl methyl sites for hydroxylation is 2. The zero-order chi connectivity index (χ0) is 24.6. The Balaban J connectivity index is 1.84. The first-order valence-corrected chi connectivity index (χ1v) is 11.1. The molecule has 0 N–H and O–H groups in total. The number of hydrogen-bond donors (Lipinski definition) is 0. The summed E-state index contributed by atoms with van der Waals surface area (Å²) >= 11 is 0. The van der Waals surface area contributed by atoms with Gasteiger partial charge in [-0.2, -0.15) is 0 Å². The van der Waals surface area contributed by atoms with Crippen molar-refractivity contribution in [3.63, 3.8) is 0 Å². The Morgan fingerprint density at radius 2 is 1.44 bits per heavy atom. The Kier molecular flexibility index (Phi) is 6.05. The first-order chi connectivity index (χ1) is 16.1. The van der Waals surface area contributed by atoms with Gasteiger partial charge >= 0.3 is 5.97 Å². The van der Waals surface area contributed by atoms with E-state index in [0.29, 0.717) is 39.2 Å². The smallest absolute Gasteiger partial charge is 0.343 e. The van der Waals surface area contributed by atoms with E-state index in [1.807, 2.05) is 36.4 Å². The molecule has 0 radical (unpaired) electrons. The van der Waals surface area contributed by atoms with Crippen molar-refractivity contribution in [1.29, 1.82) is 0 Å². The molecule has 4 aromatic rings. The lowest BCUT2D eigenvalue weighted by Crippen LogP contribution is -2.13. The highest BCUT2D eigenvalue weighted by Gasteiger charge is 2.20. The second-order valence-electron chi connectivity index (χ2n) is 9.38. The van der Waals surface area contributed by atoms with Crippen molar-refractivity contribution in [2.45, 2.75) is 40.0 Å². The standard InChI is InChI=1S/C29H28O5/c1-17-26-24(30)15-21(19-9-13-23(32-6)14-10-19)16-25(27(26)18(2)33-17)34-28(31)20-7-11-22(12-8-20)29(3,4)5/h7-16H,1-6H3. The number of fused-ring (bicyclic) bond motifs is 1. The average Bonchev–Trinajstić information content (AvgIpc) is 3.01. The van der Waals surface area contributed by atoms with E-state index in [9.17, 15) is 9.59 Å². The maximum absolute atomic E-state index is 13.1. The van der Waals surface area contributed by atoms with Crippen molar-refractivity contribution in [1.82, 2.24) is 0 Å². The molecular weight excluding hydrogens is 428 g/mol. The van der Waals surface area contributed by atoms with E-state index in [0.717, 1.165) is 11.1 Å². The van der Waals surface area contributed by atoms with Gasteiger partial charge in [0, 0.05) is 0 Å².